The first-order chi connectivity index (χ1) is 12.5. The van der Waals surface area contributed by atoms with Crippen LogP contribution in [0.4, 0.5) is 4.79 Å². The van der Waals surface area contributed by atoms with E-state index in [1.807, 2.05) is 49.3 Å². The molecule has 2 heterocycles. The van der Waals surface area contributed by atoms with Crippen LogP contribution in [0.1, 0.15) is 43.1 Å². The highest BCUT2D eigenvalue weighted by atomic mass is 16.5. The van der Waals surface area contributed by atoms with E-state index in [1.165, 1.54) is 5.69 Å². The molecule has 0 aliphatic carbocycles. The van der Waals surface area contributed by atoms with E-state index in [-0.39, 0.29) is 18.1 Å². The maximum atomic E-state index is 12.9. The van der Waals surface area contributed by atoms with Crippen molar-refractivity contribution < 1.29 is 14.3 Å². The van der Waals surface area contributed by atoms with Crippen LogP contribution in [0, 0.1) is 0 Å². The van der Waals surface area contributed by atoms with Crippen LogP contribution >= 0.6 is 0 Å². The van der Waals surface area contributed by atoms with Gasteiger partial charge in [-0.1, -0.05) is 0 Å². The first kappa shape index (κ1) is 18.2. The topological polar surface area (TPSA) is 55.7 Å². The molecule has 6 nitrogen and oxygen atoms in total. The fraction of sp³-hybridized carbons (Fsp3) is 0.450. The number of carbonyl (C=O) groups is 1. The molecule has 1 N–H and O–H groups in total. The molecule has 1 aliphatic rings. The van der Waals surface area contributed by atoms with Gasteiger partial charge in [-0.05, 0) is 50.1 Å². The number of aromatic nitrogens is 1. The van der Waals surface area contributed by atoms with E-state index in [4.69, 9.17) is 9.47 Å². The van der Waals surface area contributed by atoms with Gasteiger partial charge in [0.25, 0.3) is 0 Å². The minimum atomic E-state index is -0.192. The average Bonchev–Trinajstić information content (AvgIpc) is 3.29. The van der Waals surface area contributed by atoms with Crippen molar-refractivity contribution in [3.8, 4) is 11.5 Å². The molecule has 2 unspecified atom stereocenters. The number of methoxy groups -OCH3 is 2. The Balaban J connectivity index is 1.76. The molecule has 0 bridgehead atoms. The lowest BCUT2D eigenvalue weighted by molar-refractivity contribution is 0.188. The van der Waals surface area contributed by atoms with Crippen LogP contribution in [0.2, 0.25) is 0 Å². The molecule has 0 saturated carbocycles. The van der Waals surface area contributed by atoms with Gasteiger partial charge in [-0.3, -0.25) is 0 Å². The standard InChI is InChI=1S/C20H27N3O3/c1-14(16-13-15(25-3)9-10-19(16)26-4)21-20(24)23-12-6-8-18(23)17-7-5-11-22(17)2/h5,7,9-11,13-14,18H,6,8,12H2,1-4H3,(H,21,24). The van der Waals surface area contributed by atoms with E-state index in [2.05, 4.69) is 16.0 Å². The molecule has 1 aromatic carbocycles. The van der Waals surface area contributed by atoms with Crippen LogP contribution in [0.3, 0.4) is 0 Å². The number of rotatable bonds is 5. The number of aryl methyl sites for hydroxylation is 1. The molecule has 26 heavy (non-hydrogen) atoms. The zero-order chi connectivity index (χ0) is 18.7. The number of benzene rings is 1. The third kappa shape index (κ3) is 3.49. The maximum absolute atomic E-state index is 12.9. The zero-order valence-corrected chi connectivity index (χ0v) is 15.9. The molecule has 2 aromatic rings. The summed E-state index contributed by atoms with van der Waals surface area (Å²) in [4.78, 5) is 14.9. The van der Waals surface area contributed by atoms with Gasteiger partial charge in [-0.2, -0.15) is 0 Å². The minimum absolute atomic E-state index is 0.0499. The zero-order valence-electron chi connectivity index (χ0n) is 15.9. The molecule has 1 fully saturated rings. The molecule has 1 aromatic heterocycles. The molecule has 0 spiro atoms. The van der Waals surface area contributed by atoms with E-state index in [0.717, 1.165) is 36.4 Å². The summed E-state index contributed by atoms with van der Waals surface area (Å²) >= 11 is 0. The SMILES string of the molecule is COc1ccc(OC)c(C(C)NC(=O)N2CCCC2c2cccn2C)c1. The molecule has 3 rings (SSSR count). The first-order valence-corrected chi connectivity index (χ1v) is 8.95. The Bertz CT molecular complexity index is 771. The van der Waals surface area contributed by atoms with Crippen LogP contribution < -0.4 is 14.8 Å². The van der Waals surface area contributed by atoms with E-state index in [0.29, 0.717) is 0 Å². The van der Waals surface area contributed by atoms with E-state index in [1.54, 1.807) is 14.2 Å². The van der Waals surface area contributed by atoms with E-state index < -0.39 is 0 Å². The predicted octanol–water partition coefficient (Wildman–Crippen LogP) is 3.65. The van der Waals surface area contributed by atoms with Crippen molar-refractivity contribution in [2.45, 2.75) is 31.8 Å². The summed E-state index contributed by atoms with van der Waals surface area (Å²) in [6, 6.07) is 9.60. The lowest BCUT2D eigenvalue weighted by atomic mass is 10.1. The third-order valence-corrected chi connectivity index (χ3v) is 5.08. The second-order valence-electron chi connectivity index (χ2n) is 6.67. The minimum Gasteiger partial charge on any atom is -0.497 e. The lowest BCUT2D eigenvalue weighted by Crippen LogP contribution is -2.41. The van der Waals surface area contributed by atoms with Crippen LogP contribution in [0.15, 0.2) is 36.5 Å². The lowest BCUT2D eigenvalue weighted by Gasteiger charge is -2.28. The van der Waals surface area contributed by atoms with Gasteiger partial charge >= 0.3 is 6.03 Å². The van der Waals surface area contributed by atoms with Crippen molar-refractivity contribution in [1.29, 1.82) is 0 Å². The van der Waals surface area contributed by atoms with E-state index in [9.17, 15) is 4.79 Å². The highest BCUT2D eigenvalue weighted by Gasteiger charge is 2.32. The molecular weight excluding hydrogens is 330 g/mol. The quantitative estimate of drug-likeness (QED) is 0.889. The number of hydrogen-bond donors (Lipinski definition) is 1. The average molecular weight is 357 g/mol. The molecule has 2 atom stereocenters. The van der Waals surface area contributed by atoms with Gasteiger partial charge in [0.15, 0.2) is 0 Å². The van der Waals surface area contributed by atoms with Crippen molar-refractivity contribution in [3.05, 3.63) is 47.8 Å². The highest BCUT2D eigenvalue weighted by Crippen LogP contribution is 2.33. The van der Waals surface area contributed by atoms with E-state index >= 15 is 0 Å². The number of likely N-dealkylation sites (tertiary alicyclic amines) is 1. The Hall–Kier alpha value is -2.63. The first-order valence-electron chi connectivity index (χ1n) is 8.95. The normalized spacial score (nSPS) is 17.8. The van der Waals surface area contributed by atoms with Gasteiger partial charge in [0.2, 0.25) is 0 Å². The molecule has 1 aliphatic heterocycles. The van der Waals surface area contributed by atoms with Gasteiger partial charge in [0.05, 0.1) is 26.3 Å². The second-order valence-corrected chi connectivity index (χ2v) is 6.67. The van der Waals surface area contributed by atoms with Crippen LogP contribution in [-0.2, 0) is 7.05 Å². The summed E-state index contributed by atoms with van der Waals surface area (Å²) in [5.74, 6) is 1.48. The maximum Gasteiger partial charge on any atom is 0.318 e. The molecule has 2 amide bonds. The molecule has 140 valence electrons. The Morgan fingerprint density at radius 1 is 1.27 bits per heavy atom. The summed E-state index contributed by atoms with van der Waals surface area (Å²) in [5, 5.41) is 3.12. The van der Waals surface area contributed by atoms with Crippen molar-refractivity contribution in [3.63, 3.8) is 0 Å². The molecule has 6 heteroatoms. The van der Waals surface area contributed by atoms with Crippen LogP contribution in [0.5, 0.6) is 11.5 Å². The van der Waals surface area contributed by atoms with Gasteiger partial charge < -0.3 is 24.3 Å². The van der Waals surface area contributed by atoms with Gasteiger partial charge in [-0.25, -0.2) is 4.79 Å². The molecule has 0 radical (unpaired) electrons. The number of nitrogens with one attached hydrogen (secondary N) is 1. The van der Waals surface area contributed by atoms with Crippen LogP contribution in [0.25, 0.3) is 0 Å². The van der Waals surface area contributed by atoms with Crippen molar-refractivity contribution in [2.75, 3.05) is 20.8 Å². The largest absolute Gasteiger partial charge is 0.497 e. The summed E-state index contributed by atoms with van der Waals surface area (Å²) in [7, 11) is 5.28. The van der Waals surface area contributed by atoms with Gasteiger partial charge in [0, 0.05) is 31.0 Å². The smallest absolute Gasteiger partial charge is 0.318 e. The number of urea groups is 1. The van der Waals surface area contributed by atoms with Gasteiger partial charge in [-0.15, -0.1) is 0 Å². The predicted molar refractivity (Wildman–Crippen MR) is 101 cm³/mol. The molecular formula is C20H27N3O3. The Kier molecular flexibility index (Phi) is 5.40. The number of amides is 2. The fourth-order valence-corrected chi connectivity index (χ4v) is 3.66. The number of ether oxygens (including phenoxy) is 2. The number of hydrogen-bond acceptors (Lipinski definition) is 3. The third-order valence-electron chi connectivity index (χ3n) is 5.08. The van der Waals surface area contributed by atoms with Crippen LogP contribution in [-0.4, -0.2) is 36.3 Å². The fourth-order valence-electron chi connectivity index (χ4n) is 3.66. The van der Waals surface area contributed by atoms with Gasteiger partial charge in [0.1, 0.15) is 11.5 Å². The highest BCUT2D eigenvalue weighted by molar-refractivity contribution is 5.75. The van der Waals surface area contributed by atoms with Crippen molar-refractivity contribution >= 4 is 6.03 Å². The number of nitrogens with zero attached hydrogens (tertiary/aromatic N) is 2. The summed E-state index contributed by atoms with van der Waals surface area (Å²) < 4.78 is 12.8. The molecule has 1 saturated heterocycles. The Morgan fingerprint density at radius 3 is 2.73 bits per heavy atom. The summed E-state index contributed by atoms with van der Waals surface area (Å²) in [6.07, 6.45) is 4.02. The summed E-state index contributed by atoms with van der Waals surface area (Å²) in [6.45, 7) is 2.73. The Morgan fingerprint density at radius 2 is 2.08 bits per heavy atom. The monoisotopic (exact) mass is 357 g/mol. The number of carbonyl (C=O) groups excluding carboxylic acids is 1. The Labute approximate surface area is 154 Å². The second kappa shape index (κ2) is 7.72. The van der Waals surface area contributed by atoms with Crippen molar-refractivity contribution in [2.24, 2.45) is 7.05 Å². The summed E-state index contributed by atoms with van der Waals surface area (Å²) in [5.41, 5.74) is 2.07. The van der Waals surface area contributed by atoms with Crippen molar-refractivity contribution in [1.82, 2.24) is 14.8 Å².